The number of rotatable bonds is 11. The largest absolute Gasteiger partial charge is 0.481 e. The molecule has 0 radical (unpaired) electrons. The number of nitrogens with zero attached hydrogens (tertiary/aromatic N) is 2. The molecule has 0 aromatic rings. The molecule has 2 amide bonds. The molecular formula is C21H37ClN4O6. The van der Waals surface area contributed by atoms with Crippen molar-refractivity contribution in [3.05, 3.63) is 0 Å². The zero-order chi connectivity index (χ0) is 22.8. The van der Waals surface area contributed by atoms with E-state index in [1.807, 2.05) is 0 Å². The third-order valence-corrected chi connectivity index (χ3v) is 6.25. The molecule has 2 fully saturated rings. The number of methoxy groups -OCH3 is 1. The topological polar surface area (TPSA) is 142 Å². The second-order valence-corrected chi connectivity index (χ2v) is 8.50. The number of carbonyl (C=O) groups excluding carboxylic acids is 3. The maximum Gasteiger partial charge on any atom is 0.315 e. The number of nitrogens with one attached hydrogen (secondary N) is 1. The molecule has 184 valence electrons. The number of likely N-dealkylation sites (tertiary alicyclic amines) is 1. The molecule has 0 spiro atoms. The van der Waals surface area contributed by atoms with Gasteiger partial charge >= 0.3 is 5.97 Å². The predicted octanol–water partition coefficient (Wildman–Crippen LogP) is 0.435. The summed E-state index contributed by atoms with van der Waals surface area (Å²) in [5.74, 6) is 2.33. The van der Waals surface area contributed by atoms with Gasteiger partial charge in [-0.05, 0) is 51.1 Å². The fraction of sp³-hybridized carbons (Fsp3) is 0.810. The van der Waals surface area contributed by atoms with E-state index in [2.05, 4.69) is 5.32 Å². The average Bonchev–Trinajstić information content (AvgIpc) is 2.79. The lowest BCUT2D eigenvalue weighted by molar-refractivity contribution is -0.149. The van der Waals surface area contributed by atoms with Crippen LogP contribution in [-0.2, 0) is 23.9 Å². The highest BCUT2D eigenvalue weighted by Crippen LogP contribution is 2.22. The second kappa shape index (κ2) is 14.4. The van der Waals surface area contributed by atoms with Crippen molar-refractivity contribution in [2.24, 2.45) is 23.6 Å². The van der Waals surface area contributed by atoms with Crippen LogP contribution >= 0.6 is 12.4 Å². The number of halogens is 1. The Hall–Kier alpha value is -1.75. The number of ketones is 1. The molecule has 0 aromatic heterocycles. The Kier molecular flexibility index (Phi) is 12.7. The SMILES string of the molecule is COCCC(=O)[C@H](CN(N)C(=O)[C@@H]1CCCN(C(=O)CCC2CCNCC2)C1)C(=O)O.Cl. The zero-order valence-electron chi connectivity index (χ0n) is 18.8. The molecule has 4 N–H and O–H groups in total. The van der Waals surface area contributed by atoms with Crippen LogP contribution in [0.2, 0.25) is 0 Å². The minimum Gasteiger partial charge on any atom is -0.481 e. The predicted molar refractivity (Wildman–Crippen MR) is 120 cm³/mol. The van der Waals surface area contributed by atoms with Crippen molar-refractivity contribution in [3.8, 4) is 0 Å². The summed E-state index contributed by atoms with van der Waals surface area (Å²) in [5, 5.41) is 13.5. The van der Waals surface area contributed by atoms with Crippen LogP contribution in [0, 0.1) is 17.8 Å². The van der Waals surface area contributed by atoms with Gasteiger partial charge in [-0.2, -0.15) is 0 Å². The molecule has 11 heteroatoms. The van der Waals surface area contributed by atoms with Crippen LogP contribution in [0.15, 0.2) is 0 Å². The lowest BCUT2D eigenvalue weighted by Crippen LogP contribution is -2.51. The van der Waals surface area contributed by atoms with E-state index in [4.69, 9.17) is 10.6 Å². The molecule has 0 aromatic carbocycles. The van der Waals surface area contributed by atoms with Gasteiger partial charge in [0.15, 0.2) is 5.78 Å². The van der Waals surface area contributed by atoms with E-state index < -0.39 is 36.0 Å². The first-order chi connectivity index (χ1) is 14.8. The van der Waals surface area contributed by atoms with Gasteiger partial charge in [-0.1, -0.05) is 0 Å². The highest BCUT2D eigenvalue weighted by atomic mass is 35.5. The Labute approximate surface area is 195 Å². The molecule has 2 saturated heterocycles. The Bertz CT molecular complexity index is 644. The summed E-state index contributed by atoms with van der Waals surface area (Å²) in [7, 11) is 1.42. The number of nitrogens with two attached hydrogens (primary N) is 1. The molecule has 32 heavy (non-hydrogen) atoms. The van der Waals surface area contributed by atoms with Crippen molar-refractivity contribution >= 4 is 36.0 Å². The van der Waals surface area contributed by atoms with Crippen molar-refractivity contribution in [3.63, 3.8) is 0 Å². The maximum atomic E-state index is 12.8. The van der Waals surface area contributed by atoms with Crippen molar-refractivity contribution in [1.29, 1.82) is 0 Å². The summed E-state index contributed by atoms with van der Waals surface area (Å²) in [6, 6.07) is 0. The monoisotopic (exact) mass is 476 g/mol. The number of hydrogen-bond donors (Lipinski definition) is 3. The first kappa shape index (κ1) is 28.3. The third-order valence-electron chi connectivity index (χ3n) is 6.25. The number of hydrogen-bond acceptors (Lipinski definition) is 7. The van der Waals surface area contributed by atoms with E-state index in [-0.39, 0.29) is 37.9 Å². The van der Waals surface area contributed by atoms with E-state index >= 15 is 0 Å². The first-order valence-electron chi connectivity index (χ1n) is 11.1. The second-order valence-electron chi connectivity index (χ2n) is 8.50. The minimum absolute atomic E-state index is 0. The molecule has 0 bridgehead atoms. The van der Waals surface area contributed by atoms with Crippen LogP contribution in [0.1, 0.15) is 44.9 Å². The fourth-order valence-electron chi connectivity index (χ4n) is 4.28. The third kappa shape index (κ3) is 8.65. The standard InChI is InChI=1S/C21H36N4O6.ClH/c1-31-12-8-18(26)17(21(29)30)14-25(22)20(28)16-3-2-11-24(13-16)19(27)5-4-15-6-9-23-10-7-15;/h15-17,23H,2-14,22H2,1H3,(H,29,30);1H/t16-,17+;/m1./s1. The highest BCUT2D eigenvalue weighted by molar-refractivity contribution is 5.99. The molecule has 2 atom stereocenters. The molecule has 2 aliphatic rings. The number of Topliss-reactive ketones (excluding diaryl/α,β-unsaturated/α-hetero) is 1. The molecule has 0 saturated carbocycles. The number of aliphatic carboxylic acids is 1. The van der Waals surface area contributed by atoms with E-state index in [1.54, 1.807) is 4.90 Å². The minimum atomic E-state index is -1.39. The number of hydrazine groups is 1. The Morgan fingerprint density at radius 1 is 1.19 bits per heavy atom. The van der Waals surface area contributed by atoms with Gasteiger partial charge in [0.1, 0.15) is 5.92 Å². The van der Waals surface area contributed by atoms with Crippen molar-refractivity contribution in [1.82, 2.24) is 15.2 Å². The van der Waals surface area contributed by atoms with E-state index in [0.717, 1.165) is 37.4 Å². The normalized spacial score (nSPS) is 20.2. The van der Waals surface area contributed by atoms with Crippen molar-refractivity contribution in [2.45, 2.75) is 44.9 Å². The summed E-state index contributed by atoms with van der Waals surface area (Å²) in [6.45, 7) is 2.61. The zero-order valence-corrected chi connectivity index (χ0v) is 19.6. The molecule has 2 rings (SSSR count). The van der Waals surface area contributed by atoms with Gasteiger partial charge in [0.05, 0.1) is 19.1 Å². The fourth-order valence-corrected chi connectivity index (χ4v) is 4.28. The first-order valence-corrected chi connectivity index (χ1v) is 11.1. The van der Waals surface area contributed by atoms with E-state index in [9.17, 15) is 24.3 Å². The molecule has 10 nitrogen and oxygen atoms in total. The Morgan fingerprint density at radius 2 is 1.88 bits per heavy atom. The number of amides is 2. The average molecular weight is 477 g/mol. The number of ether oxygens (including phenoxy) is 1. The Balaban J connectivity index is 0.00000512. The summed E-state index contributed by atoms with van der Waals surface area (Å²) in [4.78, 5) is 50.8. The smallest absolute Gasteiger partial charge is 0.315 e. The lowest BCUT2D eigenvalue weighted by Gasteiger charge is -2.34. The lowest BCUT2D eigenvalue weighted by atomic mass is 9.92. The van der Waals surface area contributed by atoms with Gasteiger partial charge in [0, 0.05) is 33.0 Å². The molecule has 2 heterocycles. The van der Waals surface area contributed by atoms with Gasteiger partial charge < -0.3 is 20.1 Å². The highest BCUT2D eigenvalue weighted by Gasteiger charge is 2.34. The number of carboxylic acids is 1. The molecule has 0 aliphatic carbocycles. The Morgan fingerprint density at radius 3 is 2.50 bits per heavy atom. The van der Waals surface area contributed by atoms with Crippen LogP contribution in [-0.4, -0.2) is 85.0 Å². The quantitative estimate of drug-likeness (QED) is 0.169. The van der Waals surface area contributed by atoms with Gasteiger partial charge in [0.25, 0.3) is 0 Å². The molecule has 2 aliphatic heterocycles. The van der Waals surface area contributed by atoms with Crippen molar-refractivity contribution in [2.75, 3.05) is 46.4 Å². The van der Waals surface area contributed by atoms with Gasteiger partial charge in [-0.15, -0.1) is 12.4 Å². The van der Waals surface area contributed by atoms with E-state index in [1.165, 1.54) is 7.11 Å². The number of carbonyl (C=O) groups is 4. The van der Waals surface area contributed by atoms with E-state index in [0.29, 0.717) is 31.7 Å². The van der Waals surface area contributed by atoms with Gasteiger partial charge in [-0.3, -0.25) is 24.2 Å². The number of carboxylic acid groups (broad SMARTS) is 1. The summed E-state index contributed by atoms with van der Waals surface area (Å²) in [5.41, 5.74) is 0. The van der Waals surface area contributed by atoms with Crippen LogP contribution in [0.25, 0.3) is 0 Å². The van der Waals surface area contributed by atoms with Crippen molar-refractivity contribution < 1.29 is 29.0 Å². The molecule has 0 unspecified atom stereocenters. The van der Waals surface area contributed by atoms with Gasteiger partial charge in [-0.25, -0.2) is 5.84 Å². The maximum absolute atomic E-state index is 12.8. The number of piperidine rings is 2. The van der Waals surface area contributed by atoms with Crippen LogP contribution in [0.4, 0.5) is 0 Å². The molecular weight excluding hydrogens is 440 g/mol. The van der Waals surface area contributed by atoms with Gasteiger partial charge in [0.2, 0.25) is 11.8 Å². The van der Waals surface area contributed by atoms with Crippen LogP contribution < -0.4 is 11.2 Å². The van der Waals surface area contributed by atoms with Crippen LogP contribution in [0.5, 0.6) is 0 Å². The van der Waals surface area contributed by atoms with Crippen LogP contribution in [0.3, 0.4) is 0 Å². The summed E-state index contributed by atoms with van der Waals surface area (Å²) < 4.78 is 4.82. The summed E-state index contributed by atoms with van der Waals surface area (Å²) >= 11 is 0. The summed E-state index contributed by atoms with van der Waals surface area (Å²) in [6.07, 6.45) is 4.74.